The van der Waals surface area contributed by atoms with E-state index in [1.165, 1.54) is 5.56 Å². The van der Waals surface area contributed by atoms with E-state index in [0.29, 0.717) is 6.61 Å². The van der Waals surface area contributed by atoms with Crippen LogP contribution in [0.4, 0.5) is 0 Å². The van der Waals surface area contributed by atoms with Crippen molar-refractivity contribution in [2.45, 2.75) is 27.4 Å². The zero-order valence-electron chi connectivity index (χ0n) is 9.74. The van der Waals surface area contributed by atoms with Gasteiger partial charge in [0, 0.05) is 0 Å². The first kappa shape index (κ1) is 12.1. The molecule has 0 bridgehead atoms. The predicted molar refractivity (Wildman–Crippen MR) is 62.7 cm³/mol. The molecular weight excluding hydrogens is 202 g/mol. The lowest BCUT2D eigenvalue weighted by Gasteiger charge is -2.09. The molecule has 2 N–H and O–H groups in total. The zero-order chi connectivity index (χ0) is 12.1. The fourth-order valence-electron chi connectivity index (χ4n) is 1.62. The topological polar surface area (TPSA) is 71.4 Å². The largest absolute Gasteiger partial charge is 0.389 e. The molecule has 4 nitrogen and oxygen atoms in total. The Morgan fingerprint density at radius 3 is 2.44 bits per heavy atom. The number of nitrogens with zero attached hydrogens (tertiary/aromatic N) is 2. The third-order valence-corrected chi connectivity index (χ3v) is 2.33. The Balaban J connectivity index is 2.79. The summed E-state index contributed by atoms with van der Waals surface area (Å²) < 4.78 is 0. The van der Waals surface area contributed by atoms with Gasteiger partial charge in [0.2, 0.25) is 5.84 Å². The molecule has 1 aromatic rings. The van der Waals surface area contributed by atoms with Crippen LogP contribution >= 0.6 is 0 Å². The number of nitriles is 1. The minimum absolute atomic E-state index is 0.164. The van der Waals surface area contributed by atoms with Gasteiger partial charge in [-0.15, -0.1) is 0 Å². The molecule has 0 aliphatic carbocycles. The molecule has 0 fully saturated rings. The number of aryl methyl sites for hydroxylation is 3. The van der Waals surface area contributed by atoms with Gasteiger partial charge in [0.1, 0.15) is 12.7 Å². The van der Waals surface area contributed by atoms with Crippen LogP contribution in [0.25, 0.3) is 0 Å². The van der Waals surface area contributed by atoms with Crippen LogP contribution in [-0.4, -0.2) is 5.84 Å². The molecule has 0 aliphatic rings. The summed E-state index contributed by atoms with van der Waals surface area (Å²) in [6, 6.07) is 5.87. The molecule has 0 saturated carbocycles. The average molecular weight is 217 g/mol. The van der Waals surface area contributed by atoms with Gasteiger partial charge in [-0.05, 0) is 37.5 Å². The number of hydrogen-bond acceptors (Lipinski definition) is 3. The Morgan fingerprint density at radius 1 is 1.38 bits per heavy atom. The summed E-state index contributed by atoms with van der Waals surface area (Å²) in [7, 11) is 0. The Kier molecular flexibility index (Phi) is 3.90. The Hall–Kier alpha value is -2.02. The highest BCUT2D eigenvalue weighted by Gasteiger charge is 2.04. The summed E-state index contributed by atoms with van der Waals surface area (Å²) >= 11 is 0. The molecule has 0 spiro atoms. The third-order valence-electron chi connectivity index (χ3n) is 2.33. The molecule has 0 aromatic heterocycles. The van der Waals surface area contributed by atoms with Gasteiger partial charge in [0.15, 0.2) is 0 Å². The molecule has 0 atom stereocenters. The van der Waals surface area contributed by atoms with Crippen molar-refractivity contribution in [3.8, 4) is 6.07 Å². The minimum atomic E-state index is -0.164. The lowest BCUT2D eigenvalue weighted by molar-refractivity contribution is 0.130. The summed E-state index contributed by atoms with van der Waals surface area (Å²) in [5.41, 5.74) is 9.82. The van der Waals surface area contributed by atoms with Crippen LogP contribution in [-0.2, 0) is 11.4 Å². The van der Waals surface area contributed by atoms with Gasteiger partial charge in [-0.2, -0.15) is 5.26 Å². The monoisotopic (exact) mass is 217 g/mol. The number of amidine groups is 1. The van der Waals surface area contributed by atoms with Crippen LogP contribution in [0.2, 0.25) is 0 Å². The third kappa shape index (κ3) is 2.99. The van der Waals surface area contributed by atoms with E-state index in [0.717, 1.165) is 16.7 Å². The van der Waals surface area contributed by atoms with Crippen molar-refractivity contribution in [2.75, 3.05) is 0 Å². The van der Waals surface area contributed by atoms with Gasteiger partial charge in [0.05, 0.1) is 0 Å². The number of benzene rings is 1. The highest BCUT2D eigenvalue weighted by atomic mass is 16.6. The second kappa shape index (κ2) is 5.17. The highest BCUT2D eigenvalue weighted by Crippen LogP contribution is 2.17. The van der Waals surface area contributed by atoms with Crippen LogP contribution in [0.3, 0.4) is 0 Å². The van der Waals surface area contributed by atoms with Crippen LogP contribution in [0.5, 0.6) is 0 Å². The molecule has 0 radical (unpaired) electrons. The first-order valence-corrected chi connectivity index (χ1v) is 4.97. The van der Waals surface area contributed by atoms with Gasteiger partial charge >= 0.3 is 0 Å². The van der Waals surface area contributed by atoms with Crippen molar-refractivity contribution < 1.29 is 4.84 Å². The molecule has 0 amide bonds. The lowest BCUT2D eigenvalue weighted by Crippen LogP contribution is -2.08. The van der Waals surface area contributed by atoms with Gasteiger partial charge in [-0.1, -0.05) is 22.9 Å². The summed E-state index contributed by atoms with van der Waals surface area (Å²) in [6.45, 7) is 6.43. The van der Waals surface area contributed by atoms with Crippen LogP contribution < -0.4 is 5.73 Å². The molecule has 0 heterocycles. The minimum Gasteiger partial charge on any atom is -0.389 e. The molecular formula is C12H15N3O. The van der Waals surface area contributed by atoms with E-state index < -0.39 is 0 Å². The second-order valence-corrected chi connectivity index (χ2v) is 3.74. The van der Waals surface area contributed by atoms with Crippen molar-refractivity contribution in [1.82, 2.24) is 0 Å². The van der Waals surface area contributed by atoms with Crippen molar-refractivity contribution in [1.29, 1.82) is 5.26 Å². The standard InChI is InChI=1S/C12H15N3O/c1-8-4-9(2)11(10(3)5-8)7-16-15-12(14)6-13/h4-5H,7H2,1-3H3,(H2,14,15). The fourth-order valence-corrected chi connectivity index (χ4v) is 1.62. The molecule has 4 heteroatoms. The normalized spacial score (nSPS) is 11.0. The molecule has 0 saturated heterocycles. The van der Waals surface area contributed by atoms with E-state index in [9.17, 15) is 0 Å². The number of oxime groups is 1. The van der Waals surface area contributed by atoms with Crippen LogP contribution in [0.1, 0.15) is 22.3 Å². The Morgan fingerprint density at radius 2 is 1.94 bits per heavy atom. The smallest absolute Gasteiger partial charge is 0.241 e. The van der Waals surface area contributed by atoms with E-state index in [-0.39, 0.29) is 5.84 Å². The summed E-state index contributed by atoms with van der Waals surface area (Å²) in [6.07, 6.45) is 0. The molecule has 16 heavy (non-hydrogen) atoms. The SMILES string of the molecule is Cc1cc(C)c(CO/N=C(\N)C#N)c(C)c1. The highest BCUT2D eigenvalue weighted by molar-refractivity contribution is 5.94. The van der Waals surface area contributed by atoms with Gasteiger partial charge < -0.3 is 10.6 Å². The summed E-state index contributed by atoms with van der Waals surface area (Å²) in [5, 5.41) is 11.9. The maximum absolute atomic E-state index is 8.39. The fraction of sp³-hybridized carbons (Fsp3) is 0.333. The predicted octanol–water partition coefficient (Wildman–Crippen LogP) is 1.92. The maximum atomic E-state index is 8.39. The van der Waals surface area contributed by atoms with E-state index >= 15 is 0 Å². The first-order valence-electron chi connectivity index (χ1n) is 4.97. The van der Waals surface area contributed by atoms with Gasteiger partial charge in [0.25, 0.3) is 0 Å². The molecule has 84 valence electrons. The van der Waals surface area contributed by atoms with Gasteiger partial charge in [-0.3, -0.25) is 0 Å². The van der Waals surface area contributed by atoms with E-state index in [4.69, 9.17) is 15.8 Å². The lowest BCUT2D eigenvalue weighted by atomic mass is 10.0. The maximum Gasteiger partial charge on any atom is 0.241 e. The number of rotatable bonds is 3. The van der Waals surface area contributed by atoms with Gasteiger partial charge in [-0.25, -0.2) is 0 Å². The molecule has 1 aromatic carbocycles. The van der Waals surface area contributed by atoms with E-state index in [1.54, 1.807) is 6.07 Å². The van der Waals surface area contributed by atoms with Crippen molar-refractivity contribution >= 4 is 5.84 Å². The van der Waals surface area contributed by atoms with Crippen molar-refractivity contribution in [2.24, 2.45) is 10.9 Å². The zero-order valence-corrected chi connectivity index (χ0v) is 9.74. The number of nitrogens with two attached hydrogens (primary N) is 1. The summed E-state index contributed by atoms with van der Waals surface area (Å²) in [5.74, 6) is -0.164. The van der Waals surface area contributed by atoms with Crippen LogP contribution in [0.15, 0.2) is 17.3 Å². The second-order valence-electron chi connectivity index (χ2n) is 3.74. The summed E-state index contributed by atoms with van der Waals surface area (Å²) in [4.78, 5) is 5.01. The molecule has 1 rings (SSSR count). The Labute approximate surface area is 95.3 Å². The Bertz CT molecular complexity index is 435. The quantitative estimate of drug-likeness (QED) is 0.477. The van der Waals surface area contributed by atoms with Crippen LogP contribution in [0, 0.1) is 32.1 Å². The van der Waals surface area contributed by atoms with Crippen molar-refractivity contribution in [3.63, 3.8) is 0 Å². The van der Waals surface area contributed by atoms with E-state index in [2.05, 4.69) is 24.2 Å². The molecule has 0 unspecified atom stereocenters. The van der Waals surface area contributed by atoms with E-state index in [1.807, 2.05) is 13.8 Å². The van der Waals surface area contributed by atoms with Crippen molar-refractivity contribution in [3.05, 3.63) is 34.4 Å². The number of hydrogen-bond donors (Lipinski definition) is 1. The molecule has 0 aliphatic heterocycles. The average Bonchev–Trinajstić information content (AvgIpc) is 2.21. The first-order chi connectivity index (χ1) is 7.54.